The first kappa shape index (κ1) is 58.5. The molecule has 1 aromatic heterocycles. The first-order valence-corrected chi connectivity index (χ1v) is 31.3. The number of nitrogens with one attached hydrogen (secondary N) is 5. The maximum atomic E-state index is 14.5. The second-order valence-electron chi connectivity index (χ2n) is 25.1. The van der Waals surface area contributed by atoms with Gasteiger partial charge in [-0.3, -0.25) is 28.9 Å². The molecule has 12 rings (SSSR count). The molecule has 19 nitrogen and oxygen atoms in total. The predicted molar refractivity (Wildman–Crippen MR) is 314 cm³/mol. The van der Waals surface area contributed by atoms with Gasteiger partial charge in [0.15, 0.2) is 0 Å². The fourth-order valence-corrected chi connectivity index (χ4v) is 14.4. The molecule has 5 amide bonds. The number of carbonyl (C=O) groups excluding carboxylic acids is 5. The van der Waals surface area contributed by atoms with Crippen LogP contribution in [0.15, 0.2) is 54.9 Å². The highest BCUT2D eigenvalue weighted by molar-refractivity contribution is 6.30. The molecule has 5 aliphatic heterocycles. The van der Waals surface area contributed by atoms with Crippen molar-refractivity contribution in [2.45, 2.75) is 144 Å². The van der Waals surface area contributed by atoms with Gasteiger partial charge in [-0.25, -0.2) is 9.97 Å². The van der Waals surface area contributed by atoms with Crippen LogP contribution in [0.4, 0.5) is 5.82 Å². The van der Waals surface area contributed by atoms with Gasteiger partial charge in [0, 0.05) is 125 Å². The molecule has 6 N–H and O–H groups in total. The maximum Gasteiger partial charge on any atom is 0.251 e. The molecule has 3 aromatic rings. The van der Waals surface area contributed by atoms with E-state index in [2.05, 4.69) is 59.3 Å². The molecule has 1 unspecified atom stereocenters. The van der Waals surface area contributed by atoms with Crippen molar-refractivity contribution < 1.29 is 33.8 Å². The zero-order chi connectivity index (χ0) is 56.8. The average Bonchev–Trinajstić information content (AvgIpc) is 4.07. The topological polar surface area (TPSA) is 217 Å². The average molecular weight is 1150 g/mol. The Hall–Kier alpha value is -5.28. The van der Waals surface area contributed by atoms with Crippen LogP contribution in [0.3, 0.4) is 0 Å². The minimum atomic E-state index is -0.575. The van der Waals surface area contributed by atoms with E-state index in [0.717, 1.165) is 132 Å². The van der Waals surface area contributed by atoms with E-state index in [1.54, 1.807) is 0 Å². The quantitative estimate of drug-likeness (QED) is 0.0813. The molecule has 444 valence electrons. The third kappa shape index (κ3) is 13.9. The number of halogens is 1. The number of aliphatic hydroxyl groups excluding tert-OH is 1. The van der Waals surface area contributed by atoms with Gasteiger partial charge in [0.2, 0.25) is 23.6 Å². The van der Waals surface area contributed by atoms with Crippen molar-refractivity contribution in [3.05, 3.63) is 87.8 Å². The fraction of sp³-hybridized carbons (Fsp3) is 0.661. The number of piperazine rings is 2. The molecule has 9 aliphatic rings. The summed E-state index contributed by atoms with van der Waals surface area (Å²) in [4.78, 5) is 88.6. The van der Waals surface area contributed by atoms with E-state index in [4.69, 9.17) is 16.3 Å². The van der Waals surface area contributed by atoms with Gasteiger partial charge in [-0.05, 0) is 118 Å². The third-order valence-corrected chi connectivity index (χ3v) is 19.7. The summed E-state index contributed by atoms with van der Waals surface area (Å²) in [7, 11) is 0. The van der Waals surface area contributed by atoms with Crippen LogP contribution in [-0.2, 0) is 23.9 Å². The van der Waals surface area contributed by atoms with E-state index in [1.165, 1.54) is 6.33 Å². The Labute approximate surface area is 488 Å². The number of carbonyl (C=O) groups is 5. The van der Waals surface area contributed by atoms with Gasteiger partial charge in [0.05, 0.1) is 43.0 Å². The number of fused-ring (bicyclic) bond motifs is 4. The molecule has 20 heteroatoms. The van der Waals surface area contributed by atoms with E-state index >= 15 is 0 Å². The van der Waals surface area contributed by atoms with Crippen molar-refractivity contribution in [2.24, 2.45) is 5.92 Å². The molecule has 2 aromatic carbocycles. The molecule has 0 radical (unpaired) electrons. The molecule has 3 saturated carbocycles. The molecule has 8 fully saturated rings. The monoisotopic (exact) mass is 1150 g/mol. The van der Waals surface area contributed by atoms with Crippen LogP contribution in [-0.4, -0.2) is 199 Å². The van der Waals surface area contributed by atoms with Crippen molar-refractivity contribution in [1.29, 1.82) is 0 Å². The number of piperidine rings is 1. The van der Waals surface area contributed by atoms with E-state index < -0.39 is 18.1 Å². The lowest BCUT2D eigenvalue weighted by molar-refractivity contribution is -0.173. The third-order valence-electron chi connectivity index (χ3n) is 19.5. The van der Waals surface area contributed by atoms with Gasteiger partial charge in [0.25, 0.3) is 5.91 Å². The molecule has 2 bridgehead atoms. The number of amides is 5. The Balaban J connectivity index is 0.600. The standard InChI is InChI=1S/C62H87ClN12O7/c1-42-33-51(76)56-54(42)57(68-41-67-56)72-29-31-73(32-30-72)59(80)50(43-12-14-48(63)15-13-43)35-64-22-23-65-52(77)36-69-61-18-20-62(21-19-61,82-40-61)39-71-25-27-74(28-26-71)60(81)55(44-7-3-2-4-8-44)70-58(79)46-10-5-9-45(34-46)47-11-6-24-75(38-47)53(78)37-66-49-16-17-49/h5,9-10,12-15,34,41-42,44,47,49-51,55,64,66,69,76H,2-4,6-8,11,16-33,35-40H2,1H3,(H,65,77)(H,70,79)/t42-,47?,50-,51-,55-,61?,62?/m1/s1. The van der Waals surface area contributed by atoms with E-state index in [0.29, 0.717) is 107 Å². The lowest BCUT2D eigenvalue weighted by Gasteiger charge is -2.55. The second-order valence-corrected chi connectivity index (χ2v) is 25.6. The molecular formula is C62H87ClN12O7. The number of nitrogens with zero attached hydrogens (tertiary/aromatic N) is 7. The molecule has 5 saturated heterocycles. The highest BCUT2D eigenvalue weighted by atomic mass is 35.5. The molecular weight excluding hydrogens is 1060 g/mol. The van der Waals surface area contributed by atoms with Crippen molar-refractivity contribution >= 4 is 47.0 Å². The van der Waals surface area contributed by atoms with Crippen molar-refractivity contribution in [1.82, 2.24) is 56.2 Å². The molecule has 4 aliphatic carbocycles. The Morgan fingerprint density at radius 3 is 2.27 bits per heavy atom. The number of anilines is 1. The smallest absolute Gasteiger partial charge is 0.251 e. The van der Waals surface area contributed by atoms with E-state index in [1.807, 2.05) is 57.2 Å². The molecule has 5 atom stereocenters. The van der Waals surface area contributed by atoms with Crippen molar-refractivity contribution in [3.63, 3.8) is 0 Å². The highest BCUT2D eigenvalue weighted by Crippen LogP contribution is 2.45. The normalized spacial score (nSPS) is 26.7. The van der Waals surface area contributed by atoms with Crippen LogP contribution in [0.1, 0.15) is 153 Å². The van der Waals surface area contributed by atoms with Crippen LogP contribution in [0.25, 0.3) is 0 Å². The van der Waals surface area contributed by atoms with E-state index in [-0.39, 0.29) is 65.0 Å². The summed E-state index contributed by atoms with van der Waals surface area (Å²) in [6.45, 7) is 11.8. The number of aliphatic hydroxyl groups is 1. The zero-order valence-electron chi connectivity index (χ0n) is 48.1. The van der Waals surface area contributed by atoms with Crippen molar-refractivity contribution in [2.75, 3.05) is 116 Å². The fourth-order valence-electron chi connectivity index (χ4n) is 14.3. The van der Waals surface area contributed by atoms with E-state index in [9.17, 15) is 29.1 Å². The summed E-state index contributed by atoms with van der Waals surface area (Å²) in [6, 6.07) is 15.2. The predicted octanol–water partition coefficient (Wildman–Crippen LogP) is 4.46. The van der Waals surface area contributed by atoms with Gasteiger partial charge in [-0.2, -0.15) is 0 Å². The first-order chi connectivity index (χ1) is 39.8. The summed E-state index contributed by atoms with van der Waals surface area (Å²) in [5, 5.41) is 27.8. The van der Waals surface area contributed by atoms with Gasteiger partial charge in [0.1, 0.15) is 18.2 Å². The Kier molecular flexibility index (Phi) is 18.8. The lowest BCUT2D eigenvalue weighted by Crippen LogP contribution is -2.66. The van der Waals surface area contributed by atoms with Crippen LogP contribution in [0, 0.1) is 5.92 Å². The van der Waals surface area contributed by atoms with Gasteiger partial charge < -0.3 is 56.0 Å². The minimum Gasteiger partial charge on any atom is -0.387 e. The first-order valence-electron chi connectivity index (χ1n) is 30.9. The van der Waals surface area contributed by atoms with Gasteiger partial charge in [-0.1, -0.05) is 62.1 Å². The van der Waals surface area contributed by atoms with Gasteiger partial charge in [-0.15, -0.1) is 0 Å². The Morgan fingerprint density at radius 2 is 1.54 bits per heavy atom. The highest BCUT2D eigenvalue weighted by Gasteiger charge is 2.51. The summed E-state index contributed by atoms with van der Waals surface area (Å²) >= 11 is 6.26. The molecule has 6 heterocycles. The van der Waals surface area contributed by atoms with Crippen LogP contribution in [0.5, 0.6) is 0 Å². The van der Waals surface area contributed by atoms with Crippen molar-refractivity contribution in [3.8, 4) is 0 Å². The number of benzene rings is 2. The largest absolute Gasteiger partial charge is 0.387 e. The molecule has 82 heavy (non-hydrogen) atoms. The summed E-state index contributed by atoms with van der Waals surface area (Å²) in [5.41, 5.74) is 3.74. The summed E-state index contributed by atoms with van der Waals surface area (Å²) in [5.74, 6) is 0.774. The number of aromatic nitrogens is 2. The van der Waals surface area contributed by atoms with Crippen LogP contribution in [0.2, 0.25) is 5.02 Å². The van der Waals surface area contributed by atoms with Crippen LogP contribution < -0.4 is 31.5 Å². The number of ether oxygens (including phenoxy) is 1. The molecule has 0 spiro atoms. The number of hydrogen-bond acceptors (Lipinski definition) is 14. The lowest BCUT2D eigenvalue weighted by atomic mass is 9.71. The SMILES string of the molecule is C[C@@H]1C[C@@H](O)c2ncnc(N3CCN(C(=O)[C@H](CNCCNC(=O)CNC45CCC(CN6CCN(C(=O)[C@H](NC(=O)c7cccc(C8CCCN(C(=O)CNC9CC9)C8)c7)C7CCCCC7)CC6)(CC4)OC5)c4ccc(Cl)cc4)CC3)c21. The summed E-state index contributed by atoms with van der Waals surface area (Å²) < 4.78 is 6.71. The maximum absolute atomic E-state index is 14.5. The minimum absolute atomic E-state index is 0.0236. The zero-order valence-corrected chi connectivity index (χ0v) is 48.8. The van der Waals surface area contributed by atoms with Gasteiger partial charge >= 0.3 is 0 Å². The second kappa shape index (κ2) is 26.3. The number of likely N-dealkylation sites (tertiary alicyclic amines) is 1. The van der Waals surface area contributed by atoms with Crippen LogP contribution >= 0.6 is 11.6 Å². The number of rotatable bonds is 21. The number of hydrogen-bond donors (Lipinski definition) is 6. The Bertz CT molecular complexity index is 2700. The summed E-state index contributed by atoms with van der Waals surface area (Å²) in [6.07, 6.45) is 14.6. The Morgan fingerprint density at radius 1 is 0.793 bits per heavy atom.